The van der Waals surface area contributed by atoms with E-state index in [-0.39, 0.29) is 5.92 Å². The molecule has 184 valence electrons. The maximum Gasteiger partial charge on any atom is 0.415 e. The third-order valence-electron chi connectivity index (χ3n) is 6.67. The summed E-state index contributed by atoms with van der Waals surface area (Å²) < 4.78 is 5.70. The second-order valence-corrected chi connectivity index (χ2v) is 11.1. The number of aromatic nitrogens is 2. The van der Waals surface area contributed by atoms with E-state index in [9.17, 15) is 4.79 Å². The first-order valence-electron chi connectivity index (χ1n) is 12.0. The first-order chi connectivity index (χ1) is 16.7. The van der Waals surface area contributed by atoms with E-state index in [4.69, 9.17) is 27.9 Å². The van der Waals surface area contributed by atoms with Gasteiger partial charge in [-0.1, -0.05) is 29.3 Å². The highest BCUT2D eigenvalue weighted by Crippen LogP contribution is 2.39. The lowest BCUT2D eigenvalue weighted by molar-refractivity contribution is 0.0584. The lowest BCUT2D eigenvalue weighted by Gasteiger charge is -2.29. The fraction of sp³-hybridized carbons (Fsp3) is 0.462. The molecule has 2 aromatic heterocycles. The summed E-state index contributed by atoms with van der Waals surface area (Å²) in [5.74, 6) is 0.669. The number of pyridine rings is 1. The van der Waals surface area contributed by atoms with Crippen LogP contribution in [0.1, 0.15) is 63.6 Å². The summed E-state index contributed by atoms with van der Waals surface area (Å²) in [4.78, 5) is 22.8. The number of aromatic amines is 1. The average Bonchev–Trinajstić information content (AvgIpc) is 3.07. The Morgan fingerprint density at radius 1 is 1.14 bits per heavy atom. The topological polar surface area (TPSA) is 82.9 Å². The summed E-state index contributed by atoms with van der Waals surface area (Å²) in [5, 5.41) is 11.9. The molecule has 5 rings (SSSR count). The smallest absolute Gasteiger partial charge is 0.415 e. The van der Waals surface area contributed by atoms with Crippen LogP contribution < -0.4 is 15.6 Å². The largest absolute Gasteiger partial charge is 0.443 e. The molecule has 0 bridgehead atoms. The molecule has 1 fully saturated rings. The highest BCUT2D eigenvalue weighted by atomic mass is 35.5. The van der Waals surface area contributed by atoms with Crippen LogP contribution in [0.3, 0.4) is 0 Å². The Hall–Kier alpha value is -2.64. The second kappa shape index (κ2) is 9.43. The fourth-order valence-corrected chi connectivity index (χ4v) is 5.47. The van der Waals surface area contributed by atoms with Crippen molar-refractivity contribution in [3.8, 4) is 0 Å². The van der Waals surface area contributed by atoms with Crippen LogP contribution in [0.4, 0.5) is 10.5 Å². The maximum absolute atomic E-state index is 13.1. The Labute approximate surface area is 214 Å². The number of nitrogens with zero attached hydrogens (tertiary/aromatic N) is 4. The number of ether oxygens (including phenoxy) is 1. The molecule has 1 N–H and O–H groups in total. The second-order valence-electron chi connectivity index (χ2n) is 10.3. The zero-order chi connectivity index (χ0) is 24.7. The molecule has 7 nitrogen and oxygen atoms in total. The lowest BCUT2D eigenvalue weighted by atomic mass is 9.78. The van der Waals surface area contributed by atoms with Crippen molar-refractivity contribution in [2.24, 2.45) is 16.1 Å². The Kier molecular flexibility index (Phi) is 6.49. The molecule has 0 aromatic carbocycles. The highest BCUT2D eigenvalue weighted by molar-refractivity contribution is 6.34. The SMILES string of the molecule is CC(C)(C)OC(=O)N1CC=C(Cl)C=c2[nH]c3c(c21)CN=NC=3C1CCC(c2cccc(Cl)n2)CC1. The molecule has 0 radical (unpaired) electrons. The molecule has 35 heavy (non-hydrogen) atoms. The van der Waals surface area contributed by atoms with Gasteiger partial charge in [-0.15, -0.1) is 0 Å². The predicted molar refractivity (Wildman–Crippen MR) is 138 cm³/mol. The number of halogens is 2. The molecule has 2 aliphatic heterocycles. The summed E-state index contributed by atoms with van der Waals surface area (Å²) in [6.45, 7) is 6.31. The maximum atomic E-state index is 13.1. The van der Waals surface area contributed by atoms with Crippen LogP contribution in [-0.4, -0.2) is 28.2 Å². The van der Waals surface area contributed by atoms with E-state index in [0.29, 0.717) is 29.2 Å². The van der Waals surface area contributed by atoms with Crippen molar-refractivity contribution in [1.29, 1.82) is 0 Å². The van der Waals surface area contributed by atoms with Gasteiger partial charge in [-0.3, -0.25) is 4.90 Å². The quantitative estimate of drug-likeness (QED) is 0.517. The van der Waals surface area contributed by atoms with E-state index in [1.54, 1.807) is 4.90 Å². The third-order valence-corrected chi connectivity index (χ3v) is 7.14. The van der Waals surface area contributed by atoms with Gasteiger partial charge in [0, 0.05) is 34.7 Å². The third kappa shape index (κ3) is 5.02. The number of carbonyl (C=O) groups is 1. The fourth-order valence-electron chi connectivity index (χ4n) is 5.12. The Bertz CT molecular complexity index is 1330. The van der Waals surface area contributed by atoms with Gasteiger partial charge in [0.2, 0.25) is 0 Å². The standard InChI is InChI=1S/C26H29Cl2N5O2/c1-26(2,3)35-25(34)33-12-11-17(27)13-20-24(33)18-14-29-32-22(23(18)31-20)16-9-7-15(8-10-16)19-5-4-6-21(28)30-19/h4-6,11,13,15-16,31H,7-10,12,14H2,1-3H3. The Morgan fingerprint density at radius 2 is 1.89 bits per heavy atom. The van der Waals surface area contributed by atoms with Crippen molar-refractivity contribution in [1.82, 2.24) is 9.97 Å². The van der Waals surface area contributed by atoms with E-state index in [1.807, 2.05) is 45.1 Å². The molecule has 1 amide bonds. The number of hydrogen-bond acceptors (Lipinski definition) is 5. The molecule has 0 unspecified atom stereocenters. The van der Waals surface area contributed by atoms with E-state index >= 15 is 0 Å². The highest BCUT2D eigenvalue weighted by Gasteiger charge is 2.32. The van der Waals surface area contributed by atoms with Gasteiger partial charge >= 0.3 is 6.09 Å². The molecule has 1 aliphatic carbocycles. The number of fused-ring (bicyclic) bond motifs is 3. The van der Waals surface area contributed by atoms with Crippen molar-refractivity contribution in [2.75, 3.05) is 11.4 Å². The van der Waals surface area contributed by atoms with E-state index < -0.39 is 11.7 Å². The first-order valence-corrected chi connectivity index (χ1v) is 12.8. The predicted octanol–water partition coefficient (Wildman–Crippen LogP) is 5.77. The molecule has 1 saturated carbocycles. The zero-order valence-corrected chi connectivity index (χ0v) is 21.7. The van der Waals surface area contributed by atoms with E-state index in [0.717, 1.165) is 59.0 Å². The molecular weight excluding hydrogens is 485 g/mol. The monoisotopic (exact) mass is 513 g/mol. The summed E-state index contributed by atoms with van der Waals surface area (Å²) in [5.41, 5.74) is 3.14. The van der Waals surface area contributed by atoms with Gasteiger partial charge in [0.25, 0.3) is 0 Å². The van der Waals surface area contributed by atoms with Crippen molar-refractivity contribution < 1.29 is 9.53 Å². The van der Waals surface area contributed by atoms with Gasteiger partial charge < -0.3 is 9.72 Å². The minimum atomic E-state index is -0.607. The van der Waals surface area contributed by atoms with Crippen LogP contribution in [0.5, 0.6) is 0 Å². The minimum absolute atomic E-state index is 0.275. The number of azo groups is 1. The number of carbonyl (C=O) groups excluding carboxylic acids is 1. The first kappa shape index (κ1) is 24.1. The number of H-pyrrole nitrogens is 1. The Morgan fingerprint density at radius 3 is 2.60 bits per heavy atom. The average molecular weight is 514 g/mol. The zero-order valence-electron chi connectivity index (χ0n) is 20.1. The van der Waals surface area contributed by atoms with Crippen molar-refractivity contribution in [2.45, 2.75) is 64.5 Å². The number of amides is 1. The minimum Gasteiger partial charge on any atom is -0.443 e. The van der Waals surface area contributed by atoms with Gasteiger partial charge in [-0.2, -0.15) is 10.2 Å². The lowest BCUT2D eigenvalue weighted by Crippen LogP contribution is -2.39. The molecule has 0 spiro atoms. The van der Waals surface area contributed by atoms with Gasteiger partial charge in [0.15, 0.2) is 0 Å². The summed E-state index contributed by atoms with van der Waals surface area (Å²) >= 11 is 12.5. The molecular formula is C26H29Cl2N5O2. The normalized spacial score (nSPS) is 22.0. The number of hydrogen-bond donors (Lipinski definition) is 1. The van der Waals surface area contributed by atoms with Crippen LogP contribution in [0.15, 0.2) is 39.5 Å². The molecule has 4 heterocycles. The number of rotatable bonds is 2. The molecule has 2 aromatic rings. The molecule has 0 atom stereocenters. The summed E-state index contributed by atoms with van der Waals surface area (Å²) in [6.07, 6.45) is 7.25. The van der Waals surface area contributed by atoms with Gasteiger partial charge in [0.05, 0.1) is 28.6 Å². The molecule has 0 saturated heterocycles. The van der Waals surface area contributed by atoms with Crippen molar-refractivity contribution >= 4 is 46.8 Å². The van der Waals surface area contributed by atoms with Gasteiger partial charge in [-0.05, 0) is 70.7 Å². The van der Waals surface area contributed by atoms with E-state index in [2.05, 4.69) is 26.3 Å². The Balaban J connectivity index is 1.49. The van der Waals surface area contributed by atoms with Crippen LogP contribution in [0.2, 0.25) is 5.15 Å². The van der Waals surface area contributed by atoms with E-state index in [1.165, 1.54) is 0 Å². The van der Waals surface area contributed by atoms with Gasteiger partial charge in [0.1, 0.15) is 10.8 Å². The van der Waals surface area contributed by atoms with Crippen LogP contribution in [0, 0.1) is 5.92 Å². The molecule has 3 aliphatic rings. The van der Waals surface area contributed by atoms with Crippen LogP contribution in [0.25, 0.3) is 11.8 Å². The summed E-state index contributed by atoms with van der Waals surface area (Å²) in [7, 11) is 0. The summed E-state index contributed by atoms with van der Waals surface area (Å²) in [6, 6.07) is 5.83. The molecule has 9 heteroatoms. The van der Waals surface area contributed by atoms with Crippen molar-refractivity contribution in [3.05, 3.63) is 56.4 Å². The number of allylic oxidation sites excluding steroid dienone is 1. The van der Waals surface area contributed by atoms with Gasteiger partial charge in [-0.25, -0.2) is 9.78 Å². The van der Waals surface area contributed by atoms with Crippen LogP contribution in [-0.2, 0) is 11.3 Å². The number of nitrogens with one attached hydrogen (secondary N) is 1. The van der Waals surface area contributed by atoms with Crippen molar-refractivity contribution in [3.63, 3.8) is 0 Å². The van der Waals surface area contributed by atoms with Crippen LogP contribution >= 0.6 is 23.2 Å². The number of anilines is 1.